The Morgan fingerprint density at radius 3 is 2.67 bits per heavy atom. The van der Waals surface area contributed by atoms with E-state index in [4.69, 9.17) is 21.4 Å². The third-order valence-corrected chi connectivity index (χ3v) is 4.19. The van der Waals surface area contributed by atoms with Crippen LogP contribution in [0, 0.1) is 0 Å². The lowest BCUT2D eigenvalue weighted by atomic mass is 10.1. The van der Waals surface area contributed by atoms with E-state index in [0.29, 0.717) is 11.3 Å². The average molecular weight is 396 g/mol. The molecule has 0 bridgehead atoms. The van der Waals surface area contributed by atoms with Crippen LogP contribution in [0.1, 0.15) is 24.2 Å². The molecule has 3 N–H and O–H groups in total. The maximum absolute atomic E-state index is 12.6. The number of methoxy groups -OCH3 is 1. The van der Waals surface area contributed by atoms with Crippen molar-refractivity contribution in [2.24, 2.45) is 0 Å². The normalized spacial score (nSPS) is 14.0. The lowest BCUT2D eigenvalue weighted by molar-refractivity contribution is -0.136. The number of amides is 2. The molecule has 27 heavy (non-hydrogen) atoms. The van der Waals surface area contributed by atoms with Gasteiger partial charge in [-0.3, -0.25) is 9.59 Å². The minimum absolute atomic E-state index is 0.0126. The Bertz CT molecular complexity index is 791. The van der Waals surface area contributed by atoms with Gasteiger partial charge in [0.1, 0.15) is 5.70 Å². The summed E-state index contributed by atoms with van der Waals surface area (Å²) >= 11 is 6.19. The summed E-state index contributed by atoms with van der Waals surface area (Å²) in [6.45, 7) is 3.54. The van der Waals surface area contributed by atoms with Gasteiger partial charge in [-0.1, -0.05) is 11.6 Å². The van der Waals surface area contributed by atoms with E-state index in [-0.39, 0.29) is 47.9 Å². The monoisotopic (exact) mass is 395 g/mol. The van der Waals surface area contributed by atoms with E-state index in [1.54, 1.807) is 6.07 Å². The molecule has 1 aromatic rings. The van der Waals surface area contributed by atoms with Crippen LogP contribution in [0.3, 0.4) is 0 Å². The molecule has 1 heterocycles. The number of ether oxygens (including phenoxy) is 1. The Labute approximate surface area is 162 Å². The van der Waals surface area contributed by atoms with Crippen LogP contribution in [0.15, 0.2) is 29.5 Å². The van der Waals surface area contributed by atoms with Crippen molar-refractivity contribution in [3.63, 3.8) is 0 Å². The Kier molecular flexibility index (Phi) is 6.81. The van der Waals surface area contributed by atoms with Crippen molar-refractivity contribution >= 4 is 35.1 Å². The quantitative estimate of drug-likeness (QED) is 0.598. The van der Waals surface area contributed by atoms with E-state index in [1.807, 2.05) is 13.8 Å². The molecule has 0 saturated heterocycles. The number of benzene rings is 1. The van der Waals surface area contributed by atoms with Gasteiger partial charge in [0.15, 0.2) is 0 Å². The highest BCUT2D eigenvalue weighted by Gasteiger charge is 2.34. The molecule has 9 heteroatoms. The standard InChI is InChI=1S/C18H22ClN3O5/c1-10(2)20-16(24)11-4-5-13(19)14(8-11)21-15-12(18(26)27-3)9-22(6-7-23)17(15)25/h4-5,8,10,21,23H,6-7,9H2,1-3H3,(H,20,24). The second kappa shape index (κ2) is 8.88. The maximum Gasteiger partial charge on any atom is 0.337 e. The van der Waals surface area contributed by atoms with Gasteiger partial charge >= 0.3 is 5.97 Å². The summed E-state index contributed by atoms with van der Waals surface area (Å²) in [6, 6.07) is 4.56. The van der Waals surface area contributed by atoms with Gasteiger partial charge in [-0.2, -0.15) is 0 Å². The highest BCUT2D eigenvalue weighted by atomic mass is 35.5. The number of carbonyl (C=O) groups excluding carboxylic acids is 3. The molecule has 0 atom stereocenters. The SMILES string of the molecule is COC(=O)C1=C(Nc2cc(C(=O)NC(C)C)ccc2Cl)C(=O)N(CCO)C1. The zero-order valence-electron chi connectivity index (χ0n) is 15.3. The Morgan fingerprint density at radius 1 is 1.37 bits per heavy atom. The third-order valence-electron chi connectivity index (χ3n) is 3.86. The van der Waals surface area contributed by atoms with E-state index in [1.165, 1.54) is 24.1 Å². The van der Waals surface area contributed by atoms with Gasteiger partial charge in [-0.25, -0.2) is 4.79 Å². The van der Waals surface area contributed by atoms with Crippen molar-refractivity contribution in [2.75, 3.05) is 32.1 Å². The van der Waals surface area contributed by atoms with Crippen molar-refractivity contribution in [3.8, 4) is 0 Å². The topological polar surface area (TPSA) is 108 Å². The predicted octanol–water partition coefficient (Wildman–Crippen LogP) is 1.15. The van der Waals surface area contributed by atoms with Crippen LogP contribution in [-0.2, 0) is 14.3 Å². The van der Waals surface area contributed by atoms with Crippen molar-refractivity contribution < 1.29 is 24.2 Å². The molecule has 0 saturated carbocycles. The van der Waals surface area contributed by atoms with E-state index in [9.17, 15) is 14.4 Å². The first-order valence-electron chi connectivity index (χ1n) is 8.37. The van der Waals surface area contributed by atoms with Crippen LogP contribution in [0.2, 0.25) is 5.02 Å². The van der Waals surface area contributed by atoms with Gasteiger partial charge in [0.2, 0.25) is 0 Å². The number of esters is 1. The highest BCUT2D eigenvalue weighted by molar-refractivity contribution is 6.33. The molecule has 146 valence electrons. The van der Waals surface area contributed by atoms with E-state index in [2.05, 4.69) is 10.6 Å². The molecule has 0 unspecified atom stereocenters. The predicted molar refractivity (Wildman–Crippen MR) is 100 cm³/mol. The fourth-order valence-electron chi connectivity index (χ4n) is 2.59. The van der Waals surface area contributed by atoms with Gasteiger partial charge in [0.05, 0.1) is 36.5 Å². The second-order valence-electron chi connectivity index (χ2n) is 6.24. The molecular weight excluding hydrogens is 374 g/mol. The highest BCUT2D eigenvalue weighted by Crippen LogP contribution is 2.28. The number of carbonyl (C=O) groups is 3. The van der Waals surface area contributed by atoms with Gasteiger partial charge in [0, 0.05) is 18.2 Å². The van der Waals surface area contributed by atoms with Crippen LogP contribution in [0.5, 0.6) is 0 Å². The summed E-state index contributed by atoms with van der Waals surface area (Å²) in [4.78, 5) is 38.1. The summed E-state index contributed by atoms with van der Waals surface area (Å²) in [5.74, 6) is -1.40. The van der Waals surface area contributed by atoms with Crippen LogP contribution in [0.4, 0.5) is 5.69 Å². The molecule has 0 radical (unpaired) electrons. The molecule has 2 rings (SSSR count). The molecule has 2 amide bonds. The molecule has 1 aromatic carbocycles. The van der Waals surface area contributed by atoms with E-state index in [0.717, 1.165) is 0 Å². The summed E-state index contributed by atoms with van der Waals surface area (Å²) in [7, 11) is 1.22. The largest absolute Gasteiger partial charge is 0.466 e. The molecule has 8 nitrogen and oxygen atoms in total. The van der Waals surface area contributed by atoms with Crippen molar-refractivity contribution in [1.29, 1.82) is 0 Å². The van der Waals surface area contributed by atoms with E-state index >= 15 is 0 Å². The van der Waals surface area contributed by atoms with Gasteiger partial charge in [-0.15, -0.1) is 0 Å². The Morgan fingerprint density at radius 2 is 2.07 bits per heavy atom. The number of hydrogen-bond donors (Lipinski definition) is 3. The summed E-state index contributed by atoms with van der Waals surface area (Å²) in [6.07, 6.45) is 0. The number of anilines is 1. The minimum Gasteiger partial charge on any atom is -0.466 e. The van der Waals surface area contributed by atoms with Gasteiger partial charge < -0.3 is 25.4 Å². The third kappa shape index (κ3) is 4.78. The van der Waals surface area contributed by atoms with Gasteiger partial charge in [0.25, 0.3) is 11.8 Å². The summed E-state index contributed by atoms with van der Waals surface area (Å²) in [5.41, 5.74) is 0.805. The number of nitrogens with one attached hydrogen (secondary N) is 2. The van der Waals surface area contributed by atoms with Gasteiger partial charge in [-0.05, 0) is 32.0 Å². The minimum atomic E-state index is -0.656. The zero-order chi connectivity index (χ0) is 20.1. The molecule has 0 aromatic heterocycles. The number of halogens is 1. The zero-order valence-corrected chi connectivity index (χ0v) is 16.1. The maximum atomic E-state index is 12.6. The lowest BCUT2D eigenvalue weighted by Crippen LogP contribution is -2.31. The number of nitrogens with zero attached hydrogens (tertiary/aromatic N) is 1. The second-order valence-corrected chi connectivity index (χ2v) is 6.65. The first kappa shape index (κ1) is 20.7. The van der Waals surface area contributed by atoms with Crippen molar-refractivity contribution in [3.05, 3.63) is 40.1 Å². The summed E-state index contributed by atoms with van der Waals surface area (Å²) in [5, 5.41) is 15.0. The number of aliphatic hydroxyl groups excluding tert-OH is 1. The average Bonchev–Trinajstić information content (AvgIpc) is 2.92. The number of β-amino-alcohol motifs (C(OH)–C–C–N with tert-alkyl or cyclic N) is 1. The fraction of sp³-hybridized carbons (Fsp3) is 0.389. The number of aliphatic hydroxyl groups is 1. The molecule has 1 aliphatic heterocycles. The molecule has 1 aliphatic rings. The van der Waals surface area contributed by atoms with Crippen molar-refractivity contribution in [1.82, 2.24) is 10.2 Å². The van der Waals surface area contributed by atoms with Crippen LogP contribution >= 0.6 is 11.6 Å². The van der Waals surface area contributed by atoms with E-state index < -0.39 is 11.9 Å². The molecular formula is C18H22ClN3O5. The smallest absolute Gasteiger partial charge is 0.337 e. The van der Waals surface area contributed by atoms with Crippen LogP contribution < -0.4 is 10.6 Å². The van der Waals surface area contributed by atoms with Crippen molar-refractivity contribution in [2.45, 2.75) is 19.9 Å². The first-order chi connectivity index (χ1) is 12.8. The lowest BCUT2D eigenvalue weighted by Gasteiger charge is -2.16. The Balaban J connectivity index is 2.36. The fourth-order valence-corrected chi connectivity index (χ4v) is 2.76. The molecule has 0 fully saturated rings. The molecule has 0 spiro atoms. The van der Waals surface area contributed by atoms with Crippen LogP contribution in [-0.4, -0.2) is 60.6 Å². The summed E-state index contributed by atoms with van der Waals surface area (Å²) < 4.78 is 4.74. The molecule has 0 aliphatic carbocycles. The van der Waals surface area contributed by atoms with Crippen LogP contribution in [0.25, 0.3) is 0 Å². The number of hydrogen-bond acceptors (Lipinski definition) is 6. The first-order valence-corrected chi connectivity index (χ1v) is 8.75. The Hall–Kier alpha value is -2.58. The number of rotatable bonds is 7.